The van der Waals surface area contributed by atoms with Crippen LogP contribution < -0.4 is 11.5 Å². The van der Waals surface area contributed by atoms with Crippen LogP contribution in [0.15, 0.2) is 42.5 Å². The highest BCUT2D eigenvalue weighted by Crippen LogP contribution is 2.39. The first-order valence-corrected chi connectivity index (χ1v) is 8.18. The number of aromatic nitrogens is 1. The van der Waals surface area contributed by atoms with Crippen molar-refractivity contribution in [3.05, 3.63) is 48.0 Å². The van der Waals surface area contributed by atoms with Crippen LogP contribution in [-0.4, -0.2) is 16.3 Å². The number of carbonyl (C=O) groups is 1. The molecular weight excluding hydrogens is 314 g/mol. The van der Waals surface area contributed by atoms with Crippen molar-refractivity contribution in [2.75, 3.05) is 11.5 Å². The van der Waals surface area contributed by atoms with E-state index in [1.54, 1.807) is 6.07 Å². The molecule has 0 fully saturated rings. The lowest BCUT2D eigenvalue weighted by atomic mass is 10.1. The Bertz CT molecular complexity index is 951. The van der Waals surface area contributed by atoms with Gasteiger partial charge in [0, 0.05) is 16.6 Å². The van der Waals surface area contributed by atoms with Crippen molar-refractivity contribution in [2.24, 2.45) is 0 Å². The Balaban J connectivity index is 2.37. The quantitative estimate of drug-likeness (QED) is 0.637. The molecule has 1 heterocycles. The number of carbonyl (C=O) groups excluding carboxylic acids is 1. The molecule has 0 aliphatic rings. The van der Waals surface area contributed by atoms with Crippen molar-refractivity contribution in [1.82, 2.24) is 4.57 Å². The molecule has 3 aromatic rings. The van der Waals surface area contributed by atoms with Crippen LogP contribution in [-0.2, 0) is 4.74 Å². The van der Waals surface area contributed by atoms with Crippen LogP contribution >= 0.6 is 0 Å². The zero-order valence-corrected chi connectivity index (χ0v) is 15.0. The third-order valence-electron chi connectivity index (χ3n) is 4.10. The molecule has 0 aliphatic heterocycles. The third kappa shape index (κ3) is 2.93. The highest BCUT2D eigenvalue weighted by Gasteiger charge is 2.26. The van der Waals surface area contributed by atoms with Gasteiger partial charge in [-0.2, -0.15) is 0 Å². The van der Waals surface area contributed by atoms with Gasteiger partial charge in [-0.25, -0.2) is 9.36 Å². The van der Waals surface area contributed by atoms with Crippen LogP contribution in [0.5, 0.6) is 0 Å². The van der Waals surface area contributed by atoms with Gasteiger partial charge in [0.05, 0.1) is 16.9 Å². The Morgan fingerprint density at radius 1 is 1.04 bits per heavy atom. The number of fused-ring (bicyclic) bond motifs is 1. The number of nitrogens with two attached hydrogens (primary N) is 2. The number of nitrogens with zero attached hydrogens (tertiary/aromatic N) is 1. The monoisotopic (exact) mass is 337 g/mol. The molecule has 0 atom stereocenters. The van der Waals surface area contributed by atoms with Gasteiger partial charge in [-0.05, 0) is 45.4 Å². The van der Waals surface area contributed by atoms with Gasteiger partial charge in [0.1, 0.15) is 5.60 Å². The van der Waals surface area contributed by atoms with Gasteiger partial charge in [-0.1, -0.05) is 30.3 Å². The van der Waals surface area contributed by atoms with E-state index in [2.05, 4.69) is 0 Å². The number of rotatable bonds is 1. The summed E-state index contributed by atoms with van der Waals surface area (Å²) in [7, 11) is 0. The third-order valence-corrected chi connectivity index (χ3v) is 4.10. The summed E-state index contributed by atoms with van der Waals surface area (Å²) in [5, 5.41) is 0.782. The average molecular weight is 337 g/mol. The smallest absolute Gasteiger partial charge is 0.419 e. The highest BCUT2D eigenvalue weighted by molar-refractivity contribution is 6.09. The van der Waals surface area contributed by atoms with E-state index in [0.29, 0.717) is 22.6 Å². The maximum Gasteiger partial charge on any atom is 0.419 e. The Hall–Kier alpha value is -2.95. The van der Waals surface area contributed by atoms with Crippen LogP contribution in [0.2, 0.25) is 0 Å². The number of hydrogen-bond acceptors (Lipinski definition) is 4. The summed E-state index contributed by atoms with van der Waals surface area (Å²) in [6.07, 6.45) is -0.461. The Kier molecular flexibility index (Phi) is 3.95. The molecule has 0 amide bonds. The Morgan fingerprint density at radius 2 is 1.68 bits per heavy atom. The average Bonchev–Trinajstić information content (AvgIpc) is 2.83. The number of ether oxygens (including phenoxy) is 1. The SMILES string of the molecule is Cc1c(N)ccc2c1c(N)c(-c1ccccc1)n2C(=O)OC(C)(C)C. The molecule has 5 heteroatoms. The Labute approximate surface area is 147 Å². The van der Waals surface area contributed by atoms with E-state index in [0.717, 1.165) is 16.5 Å². The molecule has 130 valence electrons. The van der Waals surface area contributed by atoms with Crippen molar-refractivity contribution in [2.45, 2.75) is 33.3 Å². The summed E-state index contributed by atoms with van der Waals surface area (Å²) >= 11 is 0. The molecule has 25 heavy (non-hydrogen) atoms. The van der Waals surface area contributed by atoms with Crippen LogP contribution in [0.25, 0.3) is 22.2 Å². The Morgan fingerprint density at radius 3 is 2.28 bits per heavy atom. The van der Waals surface area contributed by atoms with E-state index in [4.69, 9.17) is 16.2 Å². The van der Waals surface area contributed by atoms with Crippen molar-refractivity contribution in [3.63, 3.8) is 0 Å². The summed E-state index contributed by atoms with van der Waals surface area (Å²) in [6.45, 7) is 7.42. The van der Waals surface area contributed by atoms with E-state index >= 15 is 0 Å². The van der Waals surface area contributed by atoms with E-state index < -0.39 is 11.7 Å². The van der Waals surface area contributed by atoms with Gasteiger partial charge in [0.25, 0.3) is 0 Å². The van der Waals surface area contributed by atoms with Gasteiger partial charge in [0.15, 0.2) is 0 Å². The van der Waals surface area contributed by atoms with Crippen LogP contribution in [0, 0.1) is 6.92 Å². The molecule has 0 saturated heterocycles. The summed E-state index contributed by atoms with van der Waals surface area (Å²) in [4.78, 5) is 12.9. The normalized spacial score (nSPS) is 11.7. The van der Waals surface area contributed by atoms with Gasteiger partial charge in [-0.15, -0.1) is 0 Å². The summed E-state index contributed by atoms with van der Waals surface area (Å²) in [6, 6.07) is 13.2. The molecule has 1 aromatic heterocycles. The fraction of sp³-hybridized carbons (Fsp3) is 0.250. The maximum absolute atomic E-state index is 12.9. The molecule has 0 spiro atoms. The second-order valence-corrected chi connectivity index (χ2v) is 7.12. The summed E-state index contributed by atoms with van der Waals surface area (Å²) in [5.41, 5.74) is 16.1. The van der Waals surface area contributed by atoms with Crippen LogP contribution in [0.3, 0.4) is 0 Å². The summed E-state index contributed by atoms with van der Waals surface area (Å²) in [5.74, 6) is 0. The molecule has 0 bridgehead atoms. The number of aryl methyl sites for hydroxylation is 1. The van der Waals surface area contributed by atoms with E-state index in [-0.39, 0.29) is 0 Å². The molecule has 0 saturated carbocycles. The van der Waals surface area contributed by atoms with Gasteiger partial charge in [0.2, 0.25) is 0 Å². The molecule has 0 radical (unpaired) electrons. The fourth-order valence-corrected chi connectivity index (χ4v) is 2.98. The molecule has 4 N–H and O–H groups in total. The number of nitrogen functional groups attached to an aromatic ring is 2. The minimum Gasteiger partial charge on any atom is -0.443 e. The summed E-state index contributed by atoms with van der Waals surface area (Å²) < 4.78 is 7.15. The predicted octanol–water partition coefficient (Wildman–Crippen LogP) is 4.56. The van der Waals surface area contributed by atoms with Crippen LogP contribution in [0.1, 0.15) is 26.3 Å². The van der Waals surface area contributed by atoms with Crippen molar-refractivity contribution in [3.8, 4) is 11.3 Å². The highest BCUT2D eigenvalue weighted by atomic mass is 16.6. The first-order valence-electron chi connectivity index (χ1n) is 8.18. The largest absolute Gasteiger partial charge is 0.443 e. The van der Waals surface area contributed by atoms with Gasteiger partial charge < -0.3 is 16.2 Å². The predicted molar refractivity (Wildman–Crippen MR) is 103 cm³/mol. The zero-order valence-electron chi connectivity index (χ0n) is 15.0. The molecule has 3 rings (SSSR count). The molecular formula is C20H23N3O2. The molecule has 5 nitrogen and oxygen atoms in total. The lowest BCUT2D eigenvalue weighted by Gasteiger charge is -2.21. The lowest BCUT2D eigenvalue weighted by molar-refractivity contribution is 0.0547. The number of anilines is 2. The topological polar surface area (TPSA) is 83.3 Å². The zero-order chi connectivity index (χ0) is 18.4. The first kappa shape index (κ1) is 16.9. The first-order chi connectivity index (χ1) is 11.7. The molecule has 0 unspecified atom stereocenters. The standard InChI is InChI=1S/C20H23N3O2/c1-12-14(21)10-11-15-16(12)17(22)18(13-8-6-5-7-9-13)23(15)19(24)25-20(2,3)4/h5-11H,21-22H2,1-4H3. The van der Waals surface area contributed by atoms with E-state index in [9.17, 15) is 4.79 Å². The van der Waals surface area contributed by atoms with Gasteiger partial charge >= 0.3 is 6.09 Å². The van der Waals surface area contributed by atoms with Gasteiger partial charge in [-0.3, -0.25) is 0 Å². The molecule has 0 aliphatic carbocycles. The minimum absolute atomic E-state index is 0.461. The van der Waals surface area contributed by atoms with E-state index in [1.807, 2.05) is 64.1 Å². The second kappa shape index (κ2) is 5.84. The lowest BCUT2D eigenvalue weighted by Crippen LogP contribution is -2.27. The second-order valence-electron chi connectivity index (χ2n) is 7.12. The maximum atomic E-state index is 12.9. The number of benzene rings is 2. The fourth-order valence-electron chi connectivity index (χ4n) is 2.98. The minimum atomic E-state index is -0.612. The van der Waals surface area contributed by atoms with Crippen LogP contribution in [0.4, 0.5) is 16.2 Å². The molecule has 2 aromatic carbocycles. The number of hydrogen-bond donors (Lipinski definition) is 2. The van der Waals surface area contributed by atoms with Crippen molar-refractivity contribution < 1.29 is 9.53 Å². The van der Waals surface area contributed by atoms with Crippen molar-refractivity contribution in [1.29, 1.82) is 0 Å². The van der Waals surface area contributed by atoms with E-state index in [1.165, 1.54) is 4.57 Å². The van der Waals surface area contributed by atoms with Crippen molar-refractivity contribution >= 4 is 28.4 Å².